The Bertz CT molecular complexity index is 474. The number of carboxylic acid groups (broad SMARTS) is 1. The number of halogens is 1. The molecule has 0 aliphatic heterocycles. The van der Waals surface area contributed by atoms with E-state index in [2.05, 4.69) is 0 Å². The van der Waals surface area contributed by atoms with Crippen LogP contribution in [0.3, 0.4) is 0 Å². The predicted octanol–water partition coefficient (Wildman–Crippen LogP) is 1.52. The summed E-state index contributed by atoms with van der Waals surface area (Å²) in [5.74, 6) is -2.78. The Labute approximate surface area is 84.5 Å². The van der Waals surface area contributed by atoms with Gasteiger partial charge in [0.05, 0.1) is 0 Å². The van der Waals surface area contributed by atoms with Crippen LogP contribution in [0.2, 0.25) is 0 Å². The first-order valence-corrected chi connectivity index (χ1v) is 3.88. The minimum atomic E-state index is -1.38. The van der Waals surface area contributed by atoms with Crippen molar-refractivity contribution in [1.29, 1.82) is 5.26 Å². The lowest BCUT2D eigenvalue weighted by molar-refractivity contribution is -0.132. The SMILES string of the molecule is N#C/C(=C\c1ccc(O)c(F)c1)C(=O)O. The third-order valence-corrected chi connectivity index (χ3v) is 1.63. The summed E-state index contributed by atoms with van der Waals surface area (Å²) < 4.78 is 12.8. The van der Waals surface area contributed by atoms with Gasteiger partial charge in [0.1, 0.15) is 11.6 Å². The maximum Gasteiger partial charge on any atom is 0.346 e. The molecule has 0 aromatic heterocycles. The van der Waals surface area contributed by atoms with Gasteiger partial charge in [-0.15, -0.1) is 0 Å². The zero-order valence-corrected chi connectivity index (χ0v) is 7.44. The molecule has 0 bridgehead atoms. The van der Waals surface area contributed by atoms with E-state index in [0.717, 1.165) is 18.2 Å². The van der Waals surface area contributed by atoms with Gasteiger partial charge in [-0.3, -0.25) is 0 Å². The average molecular weight is 207 g/mol. The lowest BCUT2D eigenvalue weighted by Gasteiger charge is -1.97. The molecule has 0 saturated heterocycles. The molecule has 0 aliphatic carbocycles. The van der Waals surface area contributed by atoms with Crippen LogP contribution in [0.4, 0.5) is 4.39 Å². The Morgan fingerprint density at radius 3 is 2.67 bits per heavy atom. The summed E-state index contributed by atoms with van der Waals surface area (Å²) in [6.45, 7) is 0. The molecule has 4 nitrogen and oxygen atoms in total. The number of aromatic hydroxyl groups is 1. The smallest absolute Gasteiger partial charge is 0.346 e. The molecule has 0 spiro atoms. The van der Waals surface area contributed by atoms with E-state index in [4.69, 9.17) is 15.5 Å². The zero-order chi connectivity index (χ0) is 11.4. The summed E-state index contributed by atoms with van der Waals surface area (Å²) in [4.78, 5) is 10.5. The first kappa shape index (κ1) is 10.7. The van der Waals surface area contributed by atoms with E-state index in [-0.39, 0.29) is 5.56 Å². The Morgan fingerprint density at radius 2 is 2.20 bits per heavy atom. The first-order chi connectivity index (χ1) is 7.04. The molecule has 0 fully saturated rings. The van der Waals surface area contributed by atoms with Crippen molar-refractivity contribution in [3.63, 3.8) is 0 Å². The Kier molecular flexibility index (Phi) is 3.03. The highest BCUT2D eigenvalue weighted by Crippen LogP contribution is 2.17. The van der Waals surface area contributed by atoms with Gasteiger partial charge in [-0.1, -0.05) is 6.07 Å². The molecule has 0 atom stereocenters. The van der Waals surface area contributed by atoms with E-state index in [1.54, 1.807) is 0 Å². The van der Waals surface area contributed by atoms with Crippen molar-refractivity contribution in [2.45, 2.75) is 0 Å². The fourth-order valence-corrected chi connectivity index (χ4v) is 0.921. The number of hydrogen-bond acceptors (Lipinski definition) is 3. The number of aliphatic carboxylic acids is 1. The third-order valence-electron chi connectivity index (χ3n) is 1.63. The Hall–Kier alpha value is -2.35. The minimum absolute atomic E-state index is 0.198. The topological polar surface area (TPSA) is 81.3 Å². The number of phenols is 1. The molecule has 76 valence electrons. The molecular weight excluding hydrogens is 201 g/mol. The number of rotatable bonds is 2. The third kappa shape index (κ3) is 2.54. The number of benzene rings is 1. The number of nitriles is 1. The molecule has 1 aromatic rings. The maximum absolute atomic E-state index is 12.8. The molecule has 5 heteroatoms. The van der Waals surface area contributed by atoms with Crippen molar-refractivity contribution >= 4 is 12.0 Å². The van der Waals surface area contributed by atoms with E-state index in [1.807, 2.05) is 0 Å². The van der Waals surface area contributed by atoms with Crippen LogP contribution in [-0.4, -0.2) is 16.2 Å². The van der Waals surface area contributed by atoms with Gasteiger partial charge >= 0.3 is 5.97 Å². The van der Waals surface area contributed by atoms with Gasteiger partial charge in [0.2, 0.25) is 0 Å². The molecule has 1 rings (SSSR count). The number of carboxylic acids is 1. The molecule has 0 heterocycles. The fourth-order valence-electron chi connectivity index (χ4n) is 0.921. The maximum atomic E-state index is 12.8. The minimum Gasteiger partial charge on any atom is -0.505 e. The zero-order valence-electron chi connectivity index (χ0n) is 7.44. The van der Waals surface area contributed by atoms with Crippen LogP contribution in [0.5, 0.6) is 5.75 Å². The number of carbonyl (C=O) groups is 1. The summed E-state index contributed by atoms with van der Waals surface area (Å²) in [5.41, 5.74) is -0.302. The number of nitrogens with zero attached hydrogens (tertiary/aromatic N) is 1. The van der Waals surface area contributed by atoms with Crippen LogP contribution >= 0.6 is 0 Å². The van der Waals surface area contributed by atoms with Gasteiger partial charge in [0.15, 0.2) is 11.6 Å². The number of hydrogen-bond donors (Lipinski definition) is 2. The molecule has 0 unspecified atom stereocenters. The van der Waals surface area contributed by atoms with E-state index in [9.17, 15) is 9.18 Å². The summed E-state index contributed by atoms with van der Waals surface area (Å²) in [7, 11) is 0. The molecular formula is C10H6FNO3. The van der Waals surface area contributed by atoms with Crippen molar-refractivity contribution in [1.82, 2.24) is 0 Å². The van der Waals surface area contributed by atoms with E-state index in [0.29, 0.717) is 0 Å². The second kappa shape index (κ2) is 4.24. The van der Waals surface area contributed by atoms with E-state index < -0.39 is 23.1 Å². The Balaban J connectivity index is 3.14. The molecule has 1 aromatic carbocycles. The molecule has 15 heavy (non-hydrogen) atoms. The normalized spacial score (nSPS) is 10.8. The quantitative estimate of drug-likeness (QED) is 0.569. The number of phenolic OH excluding ortho intramolecular Hbond substituents is 1. The van der Waals surface area contributed by atoms with Crippen LogP contribution in [0.15, 0.2) is 23.8 Å². The highest BCUT2D eigenvalue weighted by molar-refractivity contribution is 5.96. The fraction of sp³-hybridized carbons (Fsp3) is 0. The van der Waals surface area contributed by atoms with Crippen molar-refractivity contribution in [3.8, 4) is 11.8 Å². The van der Waals surface area contributed by atoms with Gasteiger partial charge in [-0.05, 0) is 23.8 Å². The van der Waals surface area contributed by atoms with Crippen LogP contribution in [0, 0.1) is 17.1 Å². The summed E-state index contributed by atoms with van der Waals surface area (Å²) in [5, 5.41) is 25.8. The molecule has 0 saturated carbocycles. The summed E-state index contributed by atoms with van der Waals surface area (Å²) in [6.07, 6.45) is 1.02. The van der Waals surface area contributed by atoms with Crippen LogP contribution in [0.1, 0.15) is 5.56 Å². The second-order valence-electron chi connectivity index (χ2n) is 2.69. The summed E-state index contributed by atoms with van der Waals surface area (Å²) >= 11 is 0. The van der Waals surface area contributed by atoms with Crippen LogP contribution in [0.25, 0.3) is 6.08 Å². The van der Waals surface area contributed by atoms with Gasteiger partial charge in [0.25, 0.3) is 0 Å². The lowest BCUT2D eigenvalue weighted by atomic mass is 10.1. The molecule has 0 radical (unpaired) electrons. The standard InChI is InChI=1S/C10H6FNO3/c11-8-4-6(1-2-9(8)13)3-7(5-12)10(14)15/h1-4,13H,(H,14,15)/b7-3+. The molecule has 2 N–H and O–H groups in total. The van der Waals surface area contributed by atoms with Gasteiger partial charge in [-0.2, -0.15) is 5.26 Å². The highest BCUT2D eigenvalue weighted by Gasteiger charge is 2.06. The predicted molar refractivity (Wildman–Crippen MR) is 49.3 cm³/mol. The van der Waals surface area contributed by atoms with Gasteiger partial charge in [-0.25, -0.2) is 9.18 Å². The van der Waals surface area contributed by atoms with Crippen molar-refractivity contribution < 1.29 is 19.4 Å². The summed E-state index contributed by atoms with van der Waals surface area (Å²) in [6, 6.07) is 4.79. The average Bonchev–Trinajstić information content (AvgIpc) is 2.19. The van der Waals surface area contributed by atoms with Crippen LogP contribution < -0.4 is 0 Å². The van der Waals surface area contributed by atoms with Crippen molar-refractivity contribution in [2.75, 3.05) is 0 Å². The van der Waals surface area contributed by atoms with E-state index in [1.165, 1.54) is 12.1 Å². The van der Waals surface area contributed by atoms with Gasteiger partial charge in [0, 0.05) is 0 Å². The lowest BCUT2D eigenvalue weighted by Crippen LogP contribution is -1.97. The molecule has 0 amide bonds. The second-order valence-corrected chi connectivity index (χ2v) is 2.69. The van der Waals surface area contributed by atoms with Gasteiger partial charge < -0.3 is 10.2 Å². The van der Waals surface area contributed by atoms with Crippen LogP contribution in [-0.2, 0) is 4.79 Å². The highest BCUT2D eigenvalue weighted by atomic mass is 19.1. The van der Waals surface area contributed by atoms with Crippen molar-refractivity contribution in [2.24, 2.45) is 0 Å². The monoisotopic (exact) mass is 207 g/mol. The first-order valence-electron chi connectivity index (χ1n) is 3.88. The Morgan fingerprint density at radius 1 is 1.53 bits per heavy atom. The molecule has 0 aliphatic rings. The van der Waals surface area contributed by atoms with E-state index >= 15 is 0 Å². The largest absolute Gasteiger partial charge is 0.505 e. The van der Waals surface area contributed by atoms with Crippen molar-refractivity contribution in [3.05, 3.63) is 35.2 Å².